The number of nitro groups is 1. The van der Waals surface area contributed by atoms with Gasteiger partial charge in [0, 0.05) is 28.4 Å². The first-order valence-corrected chi connectivity index (χ1v) is 10.8. The molecule has 166 valence electrons. The van der Waals surface area contributed by atoms with Crippen LogP contribution in [0.15, 0.2) is 65.6 Å². The Kier molecular flexibility index (Phi) is 7.61. The summed E-state index contributed by atoms with van der Waals surface area (Å²) in [6.07, 6.45) is 4.34. The number of hydrogen-bond acceptors (Lipinski definition) is 6. The van der Waals surface area contributed by atoms with Gasteiger partial charge in [0.1, 0.15) is 0 Å². The number of allylic oxidation sites excluding steroid dienone is 2. The number of thioether (sulfide) groups is 1. The van der Waals surface area contributed by atoms with Crippen molar-refractivity contribution in [2.45, 2.75) is 17.7 Å². The van der Waals surface area contributed by atoms with Gasteiger partial charge in [-0.25, -0.2) is 0 Å². The van der Waals surface area contributed by atoms with Crippen LogP contribution >= 0.6 is 11.8 Å². The van der Waals surface area contributed by atoms with Gasteiger partial charge in [-0.15, -0.1) is 11.8 Å². The van der Waals surface area contributed by atoms with Crippen molar-refractivity contribution in [3.8, 4) is 0 Å². The van der Waals surface area contributed by atoms with Crippen molar-refractivity contribution in [2.24, 2.45) is 11.8 Å². The van der Waals surface area contributed by atoms with Crippen LogP contribution in [-0.4, -0.2) is 33.6 Å². The van der Waals surface area contributed by atoms with E-state index in [4.69, 9.17) is 0 Å². The number of nitrogens with one attached hydrogen (secondary N) is 2. The molecule has 2 atom stereocenters. The highest BCUT2D eigenvalue weighted by molar-refractivity contribution is 8.00. The predicted molar refractivity (Wildman–Crippen MR) is 121 cm³/mol. The lowest BCUT2D eigenvalue weighted by atomic mass is 9.82. The minimum atomic E-state index is -0.978. The lowest BCUT2D eigenvalue weighted by Gasteiger charge is -2.24. The molecule has 0 bridgehead atoms. The van der Waals surface area contributed by atoms with Crippen LogP contribution in [0.1, 0.15) is 12.8 Å². The van der Waals surface area contributed by atoms with Gasteiger partial charge in [-0.05, 0) is 49.2 Å². The van der Waals surface area contributed by atoms with Crippen LogP contribution in [0, 0.1) is 22.0 Å². The molecule has 0 saturated heterocycles. The normalized spacial score (nSPS) is 17.4. The SMILES string of the molecule is O=C(CSc1ccc(NC(=O)C2CC=CCC2C(=O)O)cc1)Nc1ccc([N+](=O)[O-])cc1. The number of amides is 2. The number of carbonyl (C=O) groups excluding carboxylic acids is 2. The molecule has 0 aliphatic heterocycles. The maximum absolute atomic E-state index is 12.5. The summed E-state index contributed by atoms with van der Waals surface area (Å²) in [5.74, 6) is -2.78. The van der Waals surface area contributed by atoms with Gasteiger partial charge in [0.15, 0.2) is 0 Å². The Morgan fingerprint density at radius 3 is 2.09 bits per heavy atom. The molecule has 32 heavy (non-hydrogen) atoms. The van der Waals surface area contributed by atoms with E-state index in [0.29, 0.717) is 24.2 Å². The largest absolute Gasteiger partial charge is 0.481 e. The molecule has 9 nitrogen and oxygen atoms in total. The second kappa shape index (κ2) is 10.6. The highest BCUT2D eigenvalue weighted by Gasteiger charge is 2.33. The molecular weight excluding hydrogens is 434 g/mol. The van der Waals surface area contributed by atoms with E-state index < -0.39 is 22.7 Å². The molecule has 10 heteroatoms. The van der Waals surface area contributed by atoms with E-state index in [9.17, 15) is 29.6 Å². The molecule has 0 aromatic heterocycles. The number of benzene rings is 2. The van der Waals surface area contributed by atoms with Crippen molar-refractivity contribution in [1.29, 1.82) is 0 Å². The molecule has 1 aliphatic rings. The zero-order valence-electron chi connectivity index (χ0n) is 16.9. The third-order valence-electron chi connectivity index (χ3n) is 4.94. The monoisotopic (exact) mass is 455 g/mol. The summed E-state index contributed by atoms with van der Waals surface area (Å²) in [6, 6.07) is 12.5. The van der Waals surface area contributed by atoms with Crippen LogP contribution in [0.2, 0.25) is 0 Å². The van der Waals surface area contributed by atoms with Crippen molar-refractivity contribution < 1.29 is 24.4 Å². The summed E-state index contributed by atoms with van der Waals surface area (Å²) in [6.45, 7) is 0. The van der Waals surface area contributed by atoms with E-state index in [1.165, 1.54) is 36.0 Å². The quantitative estimate of drug-likeness (QED) is 0.237. The van der Waals surface area contributed by atoms with E-state index in [1.807, 2.05) is 6.08 Å². The fourth-order valence-electron chi connectivity index (χ4n) is 3.26. The molecule has 2 unspecified atom stereocenters. The first-order valence-electron chi connectivity index (χ1n) is 9.79. The van der Waals surface area contributed by atoms with E-state index >= 15 is 0 Å². The van der Waals surface area contributed by atoms with Gasteiger partial charge in [-0.2, -0.15) is 0 Å². The third-order valence-corrected chi connectivity index (χ3v) is 5.95. The summed E-state index contributed by atoms with van der Waals surface area (Å²) in [5.41, 5.74) is 0.966. The lowest BCUT2D eigenvalue weighted by molar-refractivity contribution is -0.384. The molecule has 2 aromatic rings. The number of hydrogen-bond donors (Lipinski definition) is 3. The second-order valence-corrected chi connectivity index (χ2v) is 8.20. The molecule has 2 amide bonds. The lowest BCUT2D eigenvalue weighted by Crippen LogP contribution is -2.34. The number of carbonyl (C=O) groups is 3. The minimum absolute atomic E-state index is 0.0528. The predicted octanol–water partition coefficient (Wildman–Crippen LogP) is 3.93. The fourth-order valence-corrected chi connectivity index (χ4v) is 3.96. The molecule has 0 fully saturated rings. The second-order valence-electron chi connectivity index (χ2n) is 7.15. The van der Waals surface area contributed by atoms with Gasteiger partial charge < -0.3 is 15.7 Å². The molecule has 3 N–H and O–H groups in total. The van der Waals surface area contributed by atoms with E-state index in [1.54, 1.807) is 30.3 Å². The Morgan fingerprint density at radius 2 is 1.50 bits per heavy atom. The highest BCUT2D eigenvalue weighted by atomic mass is 32.2. The third kappa shape index (κ3) is 6.17. The van der Waals surface area contributed by atoms with Crippen molar-refractivity contribution in [2.75, 3.05) is 16.4 Å². The zero-order chi connectivity index (χ0) is 23.1. The van der Waals surface area contributed by atoms with E-state index in [-0.39, 0.29) is 23.3 Å². The molecule has 2 aromatic carbocycles. The van der Waals surface area contributed by atoms with Crippen molar-refractivity contribution in [1.82, 2.24) is 0 Å². The molecule has 0 radical (unpaired) electrons. The van der Waals surface area contributed by atoms with Gasteiger partial charge in [0.05, 0.1) is 22.5 Å². The van der Waals surface area contributed by atoms with Crippen molar-refractivity contribution >= 4 is 46.6 Å². The summed E-state index contributed by atoms with van der Waals surface area (Å²) in [7, 11) is 0. The van der Waals surface area contributed by atoms with Gasteiger partial charge in [-0.1, -0.05) is 12.2 Å². The number of nitro benzene ring substituents is 1. The summed E-state index contributed by atoms with van der Waals surface area (Å²) < 4.78 is 0. The van der Waals surface area contributed by atoms with E-state index in [2.05, 4.69) is 10.6 Å². The van der Waals surface area contributed by atoms with Crippen molar-refractivity contribution in [3.63, 3.8) is 0 Å². The van der Waals surface area contributed by atoms with Gasteiger partial charge in [-0.3, -0.25) is 24.5 Å². The molecule has 3 rings (SSSR count). The maximum Gasteiger partial charge on any atom is 0.307 e. The summed E-state index contributed by atoms with van der Waals surface area (Å²) in [5, 5.41) is 25.4. The number of carboxylic acids is 1. The van der Waals surface area contributed by atoms with Gasteiger partial charge in [0.25, 0.3) is 5.69 Å². The topological polar surface area (TPSA) is 139 Å². The Hall–Kier alpha value is -3.66. The Bertz CT molecular complexity index is 1040. The van der Waals surface area contributed by atoms with Crippen LogP contribution in [0.4, 0.5) is 17.1 Å². The zero-order valence-corrected chi connectivity index (χ0v) is 17.7. The molecule has 1 aliphatic carbocycles. The fraction of sp³-hybridized carbons (Fsp3) is 0.227. The Morgan fingerprint density at radius 1 is 0.938 bits per heavy atom. The number of non-ortho nitro benzene ring substituents is 1. The highest BCUT2D eigenvalue weighted by Crippen LogP contribution is 2.28. The Balaban J connectivity index is 1.49. The van der Waals surface area contributed by atoms with Crippen LogP contribution < -0.4 is 10.6 Å². The number of rotatable bonds is 8. The Labute approximate surface area is 188 Å². The van der Waals surface area contributed by atoms with Crippen LogP contribution in [0.5, 0.6) is 0 Å². The van der Waals surface area contributed by atoms with Gasteiger partial charge >= 0.3 is 5.97 Å². The van der Waals surface area contributed by atoms with E-state index in [0.717, 1.165) is 4.90 Å². The molecule has 0 saturated carbocycles. The minimum Gasteiger partial charge on any atom is -0.481 e. The molecular formula is C22H21N3O6S. The number of carboxylic acid groups (broad SMARTS) is 1. The average molecular weight is 455 g/mol. The first-order chi connectivity index (χ1) is 15.3. The van der Waals surface area contributed by atoms with Crippen LogP contribution in [-0.2, 0) is 14.4 Å². The molecule has 0 spiro atoms. The van der Waals surface area contributed by atoms with Crippen LogP contribution in [0.25, 0.3) is 0 Å². The number of aliphatic carboxylic acids is 1. The first kappa shape index (κ1) is 23.0. The van der Waals surface area contributed by atoms with Gasteiger partial charge in [0.2, 0.25) is 11.8 Å². The number of nitrogens with zero attached hydrogens (tertiary/aromatic N) is 1. The van der Waals surface area contributed by atoms with Crippen molar-refractivity contribution in [3.05, 3.63) is 70.8 Å². The standard InChI is InChI=1S/C22H21N3O6S/c26-20(23-14-5-9-16(10-6-14)25(30)31)13-32-17-11-7-15(8-12-17)24-21(27)18-3-1-2-4-19(18)22(28)29/h1-2,5-12,18-19H,3-4,13H2,(H,23,26)(H,24,27)(H,28,29). The summed E-state index contributed by atoms with van der Waals surface area (Å²) in [4.78, 5) is 47.0. The average Bonchev–Trinajstić information content (AvgIpc) is 2.79. The van der Waals surface area contributed by atoms with Crippen LogP contribution in [0.3, 0.4) is 0 Å². The maximum atomic E-state index is 12.5. The number of anilines is 2. The summed E-state index contributed by atoms with van der Waals surface area (Å²) >= 11 is 1.30. The molecule has 0 heterocycles. The smallest absolute Gasteiger partial charge is 0.307 e.